The second-order valence-corrected chi connectivity index (χ2v) is 10.0. The number of ether oxygens (including phenoxy) is 9. The van der Waals surface area contributed by atoms with Gasteiger partial charge in [-0.05, 0) is 20.8 Å². The van der Waals surface area contributed by atoms with Gasteiger partial charge in [0.25, 0.3) is 0 Å². The van der Waals surface area contributed by atoms with Gasteiger partial charge in [0.05, 0.1) is 26.4 Å². The minimum absolute atomic E-state index is 0.0933. The van der Waals surface area contributed by atoms with Crippen molar-refractivity contribution in [2.75, 3.05) is 27.4 Å². The third-order valence-electron chi connectivity index (χ3n) is 6.92. The lowest BCUT2D eigenvalue weighted by Gasteiger charge is -2.41. The Balaban J connectivity index is 1.47. The monoisotopic (exact) mass is 540 g/mol. The molecular formula is C22H36O15. The summed E-state index contributed by atoms with van der Waals surface area (Å²) in [6.45, 7) is 4.55. The Morgan fingerprint density at radius 3 is 2.27 bits per heavy atom. The topological polar surface area (TPSA) is 201 Å². The number of esters is 1. The van der Waals surface area contributed by atoms with Crippen LogP contribution in [0.25, 0.3) is 0 Å². The van der Waals surface area contributed by atoms with Crippen LogP contribution >= 0.6 is 0 Å². The Labute approximate surface area is 213 Å². The molecule has 0 amide bonds. The van der Waals surface area contributed by atoms with Crippen LogP contribution in [0.4, 0.5) is 0 Å². The van der Waals surface area contributed by atoms with Crippen LogP contribution in [0, 0.1) is 0 Å². The summed E-state index contributed by atoms with van der Waals surface area (Å²) in [6.07, 6.45) is -15.8. The van der Waals surface area contributed by atoms with Crippen LogP contribution in [-0.4, -0.2) is 144 Å². The number of fused-ring (bicyclic) bond motifs is 1. The molecule has 0 saturated carbocycles. The molecular weight excluding hydrogens is 504 g/mol. The molecule has 4 aliphatic heterocycles. The molecule has 0 aromatic heterocycles. The molecule has 0 aromatic rings. The van der Waals surface area contributed by atoms with Gasteiger partial charge in [0.15, 0.2) is 30.8 Å². The first kappa shape index (κ1) is 28.9. The van der Waals surface area contributed by atoms with E-state index in [4.69, 9.17) is 37.9 Å². The highest BCUT2D eigenvalue weighted by atomic mass is 16.8. The SMILES string of the molecule is COC(=O)[C@H]1O[C@H](OC)[C@H](O[C@@H]2OC[C@@]3(CO[C@H]4O[C@@H](C)[C@H](O)[C@@H](O)[C@H]4O)OC(C)(C)O[C@@H]23)[C@@H](O)[C@H]1O. The zero-order valence-electron chi connectivity index (χ0n) is 21.2. The summed E-state index contributed by atoms with van der Waals surface area (Å²) in [7, 11) is 2.39. The zero-order chi connectivity index (χ0) is 27.3. The fraction of sp³-hybridized carbons (Fsp3) is 0.955. The molecule has 214 valence electrons. The number of rotatable bonds is 7. The quantitative estimate of drug-likeness (QED) is 0.201. The maximum Gasteiger partial charge on any atom is 0.337 e. The summed E-state index contributed by atoms with van der Waals surface area (Å²) in [5.74, 6) is -2.00. The van der Waals surface area contributed by atoms with Gasteiger partial charge in [-0.25, -0.2) is 4.79 Å². The summed E-state index contributed by atoms with van der Waals surface area (Å²) >= 11 is 0. The van der Waals surface area contributed by atoms with Gasteiger partial charge >= 0.3 is 5.97 Å². The van der Waals surface area contributed by atoms with Gasteiger partial charge in [0, 0.05) is 7.11 Å². The summed E-state index contributed by atoms with van der Waals surface area (Å²) in [6, 6.07) is 0. The van der Waals surface area contributed by atoms with E-state index in [1.54, 1.807) is 13.8 Å². The first-order chi connectivity index (χ1) is 17.3. The van der Waals surface area contributed by atoms with Crippen molar-refractivity contribution in [3.05, 3.63) is 0 Å². The molecule has 4 rings (SSSR count). The number of aliphatic hydroxyl groups excluding tert-OH is 5. The van der Waals surface area contributed by atoms with Crippen molar-refractivity contribution < 1.29 is 73.0 Å². The third kappa shape index (κ3) is 5.38. The van der Waals surface area contributed by atoms with Crippen molar-refractivity contribution in [1.29, 1.82) is 0 Å². The van der Waals surface area contributed by atoms with E-state index in [0.717, 1.165) is 7.11 Å². The Kier molecular flexibility index (Phi) is 8.48. The fourth-order valence-electron chi connectivity index (χ4n) is 4.99. The molecule has 15 heteroatoms. The number of carbonyl (C=O) groups is 1. The largest absolute Gasteiger partial charge is 0.467 e. The van der Waals surface area contributed by atoms with Gasteiger partial charge in [-0.15, -0.1) is 0 Å². The highest BCUT2D eigenvalue weighted by Gasteiger charge is 2.64. The second kappa shape index (κ2) is 10.8. The van der Waals surface area contributed by atoms with Gasteiger partial charge < -0.3 is 68.2 Å². The third-order valence-corrected chi connectivity index (χ3v) is 6.92. The maximum atomic E-state index is 11.9. The lowest BCUT2D eigenvalue weighted by atomic mass is 9.97. The Hall–Kier alpha value is -1.05. The Morgan fingerprint density at radius 1 is 0.919 bits per heavy atom. The second-order valence-electron chi connectivity index (χ2n) is 10.0. The lowest BCUT2D eigenvalue weighted by molar-refractivity contribution is -0.329. The Morgan fingerprint density at radius 2 is 1.62 bits per heavy atom. The van der Waals surface area contributed by atoms with Gasteiger partial charge in [0.2, 0.25) is 0 Å². The molecule has 0 unspecified atom stereocenters. The van der Waals surface area contributed by atoms with E-state index in [0.29, 0.717) is 0 Å². The Bertz CT molecular complexity index is 809. The van der Waals surface area contributed by atoms with E-state index in [1.165, 1.54) is 14.0 Å². The summed E-state index contributed by atoms with van der Waals surface area (Å²) in [5.41, 5.74) is -1.25. The van der Waals surface area contributed by atoms with Crippen molar-refractivity contribution in [1.82, 2.24) is 0 Å². The number of methoxy groups -OCH3 is 2. The van der Waals surface area contributed by atoms with E-state index in [-0.39, 0.29) is 13.2 Å². The number of hydrogen-bond donors (Lipinski definition) is 5. The molecule has 37 heavy (non-hydrogen) atoms. The minimum Gasteiger partial charge on any atom is -0.467 e. The molecule has 0 spiro atoms. The number of hydrogen-bond acceptors (Lipinski definition) is 15. The van der Waals surface area contributed by atoms with Crippen molar-refractivity contribution in [3.63, 3.8) is 0 Å². The molecule has 4 saturated heterocycles. The van der Waals surface area contributed by atoms with Crippen molar-refractivity contribution >= 4 is 5.97 Å². The van der Waals surface area contributed by atoms with Gasteiger partial charge in [-0.1, -0.05) is 0 Å². The number of aliphatic hydroxyl groups is 5. The first-order valence-electron chi connectivity index (χ1n) is 11.9. The van der Waals surface area contributed by atoms with Crippen LogP contribution in [0.15, 0.2) is 0 Å². The van der Waals surface area contributed by atoms with Crippen molar-refractivity contribution in [2.45, 2.75) is 106 Å². The van der Waals surface area contributed by atoms with E-state index < -0.39 is 91.2 Å². The smallest absolute Gasteiger partial charge is 0.337 e. The normalized spacial score (nSPS) is 49.6. The maximum absolute atomic E-state index is 11.9. The van der Waals surface area contributed by atoms with Gasteiger partial charge in [0.1, 0.15) is 48.3 Å². The van der Waals surface area contributed by atoms with E-state index in [2.05, 4.69) is 4.74 Å². The molecule has 5 N–H and O–H groups in total. The summed E-state index contributed by atoms with van der Waals surface area (Å²) in [4.78, 5) is 11.9. The summed E-state index contributed by atoms with van der Waals surface area (Å²) in [5, 5.41) is 51.4. The zero-order valence-corrected chi connectivity index (χ0v) is 21.2. The minimum atomic E-state index is -1.68. The molecule has 0 radical (unpaired) electrons. The highest BCUT2D eigenvalue weighted by molar-refractivity contribution is 5.75. The van der Waals surface area contributed by atoms with Crippen molar-refractivity contribution in [2.24, 2.45) is 0 Å². The summed E-state index contributed by atoms with van der Waals surface area (Å²) < 4.78 is 50.4. The van der Waals surface area contributed by atoms with Crippen LogP contribution in [0.1, 0.15) is 20.8 Å². The van der Waals surface area contributed by atoms with E-state index in [1.807, 2.05) is 0 Å². The van der Waals surface area contributed by atoms with E-state index >= 15 is 0 Å². The molecule has 4 fully saturated rings. The molecule has 4 aliphatic rings. The average molecular weight is 541 g/mol. The standard InChI is InChI=1S/C22H36O15/c1-8-9(23)10(24)13(27)18(33-8)31-6-22-7-32-20(16(22)36-21(2,3)37-22)35-15-12(26)11(25)14(17(28)29-4)34-19(15)30-5/h8-16,18-20,23-27H,6-7H2,1-5H3/t8-,9-,10+,11+,12-,13+,14-,15+,16-,18-,19-,20-,22+/m0/s1. The molecule has 4 heterocycles. The molecule has 0 aliphatic carbocycles. The number of carbonyl (C=O) groups excluding carboxylic acids is 1. The predicted molar refractivity (Wildman–Crippen MR) is 115 cm³/mol. The fourth-order valence-corrected chi connectivity index (χ4v) is 4.99. The molecule has 15 nitrogen and oxygen atoms in total. The van der Waals surface area contributed by atoms with Gasteiger partial charge in [-0.2, -0.15) is 0 Å². The lowest BCUT2D eigenvalue weighted by Crippen LogP contribution is -2.62. The molecule has 0 bridgehead atoms. The average Bonchev–Trinajstić information content (AvgIpc) is 3.31. The van der Waals surface area contributed by atoms with Crippen LogP contribution in [0.5, 0.6) is 0 Å². The molecule has 13 atom stereocenters. The van der Waals surface area contributed by atoms with E-state index in [9.17, 15) is 30.3 Å². The molecule has 0 aromatic carbocycles. The van der Waals surface area contributed by atoms with Crippen LogP contribution < -0.4 is 0 Å². The van der Waals surface area contributed by atoms with Crippen molar-refractivity contribution in [3.8, 4) is 0 Å². The highest BCUT2D eigenvalue weighted by Crippen LogP contribution is 2.45. The van der Waals surface area contributed by atoms with Crippen LogP contribution in [0.2, 0.25) is 0 Å². The van der Waals surface area contributed by atoms with Gasteiger partial charge in [-0.3, -0.25) is 0 Å². The van der Waals surface area contributed by atoms with Crippen LogP contribution in [0.3, 0.4) is 0 Å². The van der Waals surface area contributed by atoms with Crippen LogP contribution in [-0.2, 0) is 47.4 Å². The predicted octanol–water partition coefficient (Wildman–Crippen LogP) is -3.27. The first-order valence-corrected chi connectivity index (χ1v) is 11.9.